The Kier molecular flexibility index (Phi) is 5.09. The summed E-state index contributed by atoms with van der Waals surface area (Å²) >= 11 is 0. The lowest BCUT2D eigenvalue weighted by atomic mass is 9.44. The van der Waals surface area contributed by atoms with Crippen LogP contribution in [0, 0.1) is 52.3 Å². The van der Waals surface area contributed by atoms with Gasteiger partial charge in [-0.2, -0.15) is 0 Å². The zero-order valence-electron chi connectivity index (χ0n) is 20.8. The van der Waals surface area contributed by atoms with E-state index in [9.17, 15) is 9.90 Å². The first-order valence-corrected chi connectivity index (χ1v) is 13.9. The zero-order chi connectivity index (χ0) is 22.4. The molecular formula is C28H46N2O2. The van der Waals surface area contributed by atoms with Gasteiger partial charge in [0.15, 0.2) is 0 Å². The third-order valence-corrected chi connectivity index (χ3v) is 12.6. The van der Waals surface area contributed by atoms with E-state index in [-0.39, 0.29) is 6.10 Å². The van der Waals surface area contributed by atoms with E-state index in [1.165, 1.54) is 57.9 Å². The molecule has 32 heavy (non-hydrogen) atoms. The van der Waals surface area contributed by atoms with Gasteiger partial charge in [-0.05, 0) is 110 Å². The van der Waals surface area contributed by atoms with Crippen molar-refractivity contribution in [3.05, 3.63) is 0 Å². The van der Waals surface area contributed by atoms with Crippen molar-refractivity contribution < 1.29 is 9.90 Å². The lowest BCUT2D eigenvalue weighted by molar-refractivity contribution is -0.123. The molecule has 0 spiro atoms. The number of aliphatic hydroxyl groups excluding tert-OH is 1. The Bertz CT molecular complexity index is 758. The van der Waals surface area contributed by atoms with Gasteiger partial charge in [0.25, 0.3) is 0 Å². The number of carbonyl (C=O) groups is 1. The summed E-state index contributed by atoms with van der Waals surface area (Å²) in [7, 11) is 0. The highest BCUT2D eigenvalue weighted by Crippen LogP contribution is 2.70. The number of amides is 1. The van der Waals surface area contributed by atoms with E-state index in [0.29, 0.717) is 40.8 Å². The van der Waals surface area contributed by atoms with Crippen molar-refractivity contribution >= 4 is 6.41 Å². The number of hydrogen-bond donors (Lipinski definition) is 2. The molecule has 4 aliphatic carbocycles. The van der Waals surface area contributed by atoms with Crippen molar-refractivity contribution in [2.45, 2.75) is 110 Å². The normalized spacial score (nSPS) is 59.3. The van der Waals surface area contributed by atoms with Crippen molar-refractivity contribution in [2.75, 3.05) is 6.54 Å². The number of hydrogen-bond acceptors (Lipinski definition) is 3. The fraction of sp³-hybridized carbons (Fsp3) is 0.964. The molecule has 6 aliphatic rings. The van der Waals surface area contributed by atoms with Gasteiger partial charge < -0.3 is 10.4 Å². The van der Waals surface area contributed by atoms with Gasteiger partial charge in [0.1, 0.15) is 0 Å². The van der Waals surface area contributed by atoms with Crippen LogP contribution in [0.1, 0.15) is 85.5 Å². The Morgan fingerprint density at radius 1 is 0.969 bits per heavy atom. The van der Waals surface area contributed by atoms with Crippen LogP contribution in [0.4, 0.5) is 0 Å². The van der Waals surface area contributed by atoms with Crippen LogP contribution in [0.3, 0.4) is 0 Å². The van der Waals surface area contributed by atoms with Crippen LogP contribution in [0.25, 0.3) is 0 Å². The molecule has 4 saturated carbocycles. The minimum Gasteiger partial charge on any atom is -0.391 e. The largest absolute Gasteiger partial charge is 0.391 e. The minimum atomic E-state index is -0.123. The molecule has 2 heterocycles. The van der Waals surface area contributed by atoms with Crippen molar-refractivity contribution in [3.63, 3.8) is 0 Å². The monoisotopic (exact) mass is 442 g/mol. The number of piperidine rings is 1. The summed E-state index contributed by atoms with van der Waals surface area (Å²) in [4.78, 5) is 13.8. The van der Waals surface area contributed by atoms with Gasteiger partial charge in [-0.3, -0.25) is 9.69 Å². The highest BCUT2D eigenvalue weighted by Gasteiger charge is 2.67. The predicted molar refractivity (Wildman–Crippen MR) is 127 cm³/mol. The molecule has 0 unspecified atom stereocenters. The van der Waals surface area contributed by atoms with Crippen molar-refractivity contribution in [1.82, 2.24) is 10.2 Å². The molecule has 4 nitrogen and oxygen atoms in total. The van der Waals surface area contributed by atoms with Crippen LogP contribution in [0.2, 0.25) is 0 Å². The molecule has 2 aliphatic heterocycles. The first kappa shape index (κ1) is 21.9. The van der Waals surface area contributed by atoms with Crippen molar-refractivity contribution in [2.24, 2.45) is 52.3 Å². The van der Waals surface area contributed by atoms with E-state index >= 15 is 0 Å². The molecule has 13 atom stereocenters. The van der Waals surface area contributed by atoms with E-state index in [4.69, 9.17) is 0 Å². The summed E-state index contributed by atoms with van der Waals surface area (Å²) in [6.07, 6.45) is 12.5. The molecule has 0 bridgehead atoms. The summed E-state index contributed by atoms with van der Waals surface area (Å²) in [6.45, 7) is 11.3. The molecule has 4 heteroatoms. The average Bonchev–Trinajstić information content (AvgIpc) is 3.21. The second kappa shape index (κ2) is 7.44. The standard InChI is InChI=1S/C28H46N2O2/c1-16-11-24(32)26-17(2)25-23(30(26)14-16)13-22-20-6-5-18-12-19(29-15-31)7-9-27(18,3)21(20)8-10-28(22,25)4/h15-26,32H,5-14H2,1-4H3,(H,29,31)/t16-,17-,18-,19-,20+,21-,22-,23-,24-,25-,26+,27-,28-/m0/s1. The van der Waals surface area contributed by atoms with Crippen molar-refractivity contribution in [3.8, 4) is 0 Å². The predicted octanol–water partition coefficient (Wildman–Crippen LogP) is 4.46. The molecular weight excluding hydrogens is 396 g/mol. The number of fused-ring (bicyclic) bond motifs is 9. The lowest BCUT2D eigenvalue weighted by Crippen LogP contribution is -2.56. The maximum Gasteiger partial charge on any atom is 0.207 e. The number of rotatable bonds is 2. The molecule has 0 aromatic rings. The molecule has 0 aromatic carbocycles. The third-order valence-electron chi connectivity index (χ3n) is 12.6. The topological polar surface area (TPSA) is 52.6 Å². The van der Waals surface area contributed by atoms with Gasteiger partial charge in [-0.25, -0.2) is 0 Å². The number of aliphatic hydroxyl groups is 1. The van der Waals surface area contributed by atoms with Gasteiger partial charge in [0.2, 0.25) is 6.41 Å². The molecule has 180 valence electrons. The second-order valence-electron chi connectivity index (χ2n) is 13.7. The minimum absolute atomic E-state index is 0.123. The summed E-state index contributed by atoms with van der Waals surface area (Å²) in [6, 6.07) is 1.52. The molecule has 6 fully saturated rings. The van der Waals surface area contributed by atoms with Crippen molar-refractivity contribution in [1.29, 1.82) is 0 Å². The zero-order valence-corrected chi connectivity index (χ0v) is 20.8. The van der Waals surface area contributed by atoms with Crippen LogP contribution in [0.5, 0.6) is 0 Å². The quantitative estimate of drug-likeness (QED) is 0.621. The van der Waals surface area contributed by atoms with Gasteiger partial charge in [-0.1, -0.05) is 27.7 Å². The number of nitrogens with one attached hydrogen (secondary N) is 1. The summed E-state index contributed by atoms with van der Waals surface area (Å²) < 4.78 is 0. The van der Waals surface area contributed by atoms with Gasteiger partial charge in [0.05, 0.1) is 6.10 Å². The summed E-state index contributed by atoms with van der Waals surface area (Å²) in [5.41, 5.74) is 0.942. The van der Waals surface area contributed by atoms with E-state index in [0.717, 1.165) is 42.4 Å². The second-order valence-corrected chi connectivity index (χ2v) is 13.7. The van der Waals surface area contributed by atoms with Gasteiger partial charge in [-0.15, -0.1) is 0 Å². The maximum atomic E-state index is 11.0. The smallest absolute Gasteiger partial charge is 0.207 e. The highest BCUT2D eigenvalue weighted by molar-refractivity contribution is 5.46. The summed E-state index contributed by atoms with van der Waals surface area (Å²) in [5.74, 6) is 5.47. The van der Waals surface area contributed by atoms with E-state index in [2.05, 4.69) is 37.9 Å². The fourth-order valence-electron chi connectivity index (χ4n) is 11.4. The molecule has 0 radical (unpaired) electrons. The van der Waals surface area contributed by atoms with Crippen LogP contribution in [-0.2, 0) is 4.79 Å². The van der Waals surface area contributed by atoms with Crippen LogP contribution in [0.15, 0.2) is 0 Å². The molecule has 0 aromatic heterocycles. The Morgan fingerprint density at radius 2 is 1.75 bits per heavy atom. The molecule has 1 amide bonds. The molecule has 2 saturated heterocycles. The number of nitrogens with zero attached hydrogens (tertiary/aromatic N) is 1. The lowest BCUT2D eigenvalue weighted by Gasteiger charge is -2.61. The van der Waals surface area contributed by atoms with Crippen LogP contribution < -0.4 is 5.32 Å². The first-order valence-electron chi connectivity index (χ1n) is 13.9. The van der Waals surface area contributed by atoms with Gasteiger partial charge >= 0.3 is 0 Å². The van der Waals surface area contributed by atoms with Crippen LogP contribution >= 0.6 is 0 Å². The molecule has 2 N–H and O–H groups in total. The third kappa shape index (κ3) is 2.84. The van der Waals surface area contributed by atoms with Gasteiger partial charge in [0, 0.05) is 24.7 Å². The Labute approximate surface area is 195 Å². The Hall–Kier alpha value is -0.610. The number of carbonyl (C=O) groups excluding carboxylic acids is 1. The van der Waals surface area contributed by atoms with Crippen LogP contribution in [-0.4, -0.2) is 47.2 Å². The highest BCUT2D eigenvalue weighted by atomic mass is 16.3. The Morgan fingerprint density at radius 3 is 2.53 bits per heavy atom. The maximum absolute atomic E-state index is 11.0. The van der Waals surface area contributed by atoms with E-state index in [1.807, 2.05) is 0 Å². The average molecular weight is 443 g/mol. The fourth-order valence-corrected chi connectivity index (χ4v) is 11.4. The first-order chi connectivity index (χ1) is 15.3. The SMILES string of the molecule is C[C@H]1C[C@H](O)[C@H]2[C@@H](C)[C@H]3[C@H](C[C@H]4[C@@H]5CC[C@H]6C[C@@H](NC=O)CC[C@]6(C)[C@H]5CC[C@]34C)N2C1. The van der Waals surface area contributed by atoms with E-state index < -0.39 is 0 Å². The Balaban J connectivity index is 1.26. The molecule has 6 rings (SSSR count). The van der Waals surface area contributed by atoms with E-state index in [1.54, 1.807) is 0 Å². The summed E-state index contributed by atoms with van der Waals surface area (Å²) in [5, 5.41) is 14.1.